The van der Waals surface area contributed by atoms with Crippen molar-refractivity contribution in [2.45, 2.75) is 46.1 Å². The normalized spacial score (nSPS) is 13.2. The van der Waals surface area contributed by atoms with Gasteiger partial charge < -0.3 is 10.1 Å². The summed E-state index contributed by atoms with van der Waals surface area (Å²) >= 11 is 0. The lowest BCUT2D eigenvalue weighted by molar-refractivity contribution is 0.110. The van der Waals surface area contributed by atoms with E-state index in [1.54, 1.807) is 0 Å². The van der Waals surface area contributed by atoms with Crippen LogP contribution in [0.15, 0.2) is 0 Å². The van der Waals surface area contributed by atoms with Crippen LogP contribution in [0.25, 0.3) is 0 Å². The van der Waals surface area contributed by atoms with Crippen LogP contribution < -0.4 is 5.32 Å². The molecule has 12 heavy (non-hydrogen) atoms. The highest BCUT2D eigenvalue weighted by Crippen LogP contribution is 1.93. The predicted octanol–water partition coefficient (Wildman–Crippen LogP) is 2.19. The largest absolute Gasteiger partial charge is 0.380 e. The first kappa shape index (κ1) is 11.9. The van der Waals surface area contributed by atoms with E-state index in [-0.39, 0.29) is 0 Å². The number of nitrogens with one attached hydrogen (secondary N) is 1. The van der Waals surface area contributed by atoms with Crippen molar-refractivity contribution in [2.24, 2.45) is 0 Å². The standard InChI is InChI=1S/C10H23NO/c1-4-7-11-10(6-3)9-12-8-5-2/h10-11H,4-9H2,1-3H3. The molecule has 1 atom stereocenters. The van der Waals surface area contributed by atoms with Crippen molar-refractivity contribution in [1.82, 2.24) is 5.32 Å². The second-order valence-electron chi connectivity index (χ2n) is 3.13. The number of rotatable bonds is 8. The van der Waals surface area contributed by atoms with Gasteiger partial charge >= 0.3 is 0 Å². The fraction of sp³-hybridized carbons (Fsp3) is 1.00. The molecular formula is C10H23NO. The van der Waals surface area contributed by atoms with E-state index in [1.165, 1.54) is 6.42 Å². The Hall–Kier alpha value is -0.0800. The van der Waals surface area contributed by atoms with Gasteiger partial charge in [0.1, 0.15) is 0 Å². The third-order valence-corrected chi connectivity index (χ3v) is 1.84. The van der Waals surface area contributed by atoms with Crippen LogP contribution in [0.4, 0.5) is 0 Å². The molecule has 2 nitrogen and oxygen atoms in total. The van der Waals surface area contributed by atoms with Gasteiger partial charge in [-0.15, -0.1) is 0 Å². The summed E-state index contributed by atoms with van der Waals surface area (Å²) in [6.45, 7) is 9.39. The molecule has 0 amide bonds. The fourth-order valence-corrected chi connectivity index (χ4v) is 1.04. The van der Waals surface area contributed by atoms with E-state index in [0.717, 1.165) is 32.6 Å². The Morgan fingerprint density at radius 3 is 2.42 bits per heavy atom. The highest BCUT2D eigenvalue weighted by atomic mass is 16.5. The predicted molar refractivity (Wildman–Crippen MR) is 53.5 cm³/mol. The van der Waals surface area contributed by atoms with Crippen molar-refractivity contribution < 1.29 is 4.74 Å². The summed E-state index contributed by atoms with van der Waals surface area (Å²) in [4.78, 5) is 0. The van der Waals surface area contributed by atoms with Crippen LogP contribution >= 0.6 is 0 Å². The third-order valence-electron chi connectivity index (χ3n) is 1.84. The zero-order valence-electron chi connectivity index (χ0n) is 8.73. The van der Waals surface area contributed by atoms with Gasteiger partial charge in [0.2, 0.25) is 0 Å². The molecule has 0 aliphatic rings. The summed E-state index contributed by atoms with van der Waals surface area (Å²) in [7, 11) is 0. The molecule has 0 spiro atoms. The molecule has 1 unspecified atom stereocenters. The van der Waals surface area contributed by atoms with Gasteiger partial charge in [0.05, 0.1) is 6.61 Å². The monoisotopic (exact) mass is 173 g/mol. The minimum absolute atomic E-state index is 0.552. The van der Waals surface area contributed by atoms with Crippen LogP contribution in [0.5, 0.6) is 0 Å². The summed E-state index contributed by atoms with van der Waals surface area (Å²) in [6.07, 6.45) is 3.47. The van der Waals surface area contributed by atoms with Gasteiger partial charge in [0.15, 0.2) is 0 Å². The molecule has 2 heteroatoms. The number of hydrogen-bond acceptors (Lipinski definition) is 2. The first-order chi connectivity index (χ1) is 5.85. The molecule has 0 saturated carbocycles. The summed E-state index contributed by atoms with van der Waals surface area (Å²) < 4.78 is 5.47. The Balaban J connectivity index is 3.26. The van der Waals surface area contributed by atoms with Crippen LogP contribution in [0.3, 0.4) is 0 Å². The van der Waals surface area contributed by atoms with E-state index < -0.39 is 0 Å². The van der Waals surface area contributed by atoms with E-state index in [9.17, 15) is 0 Å². The molecule has 1 N–H and O–H groups in total. The fourth-order valence-electron chi connectivity index (χ4n) is 1.04. The molecule has 74 valence electrons. The molecule has 0 rings (SSSR count). The van der Waals surface area contributed by atoms with E-state index >= 15 is 0 Å². The SMILES string of the molecule is CCCNC(CC)COCCC. The Morgan fingerprint density at radius 2 is 1.92 bits per heavy atom. The van der Waals surface area contributed by atoms with Gasteiger partial charge in [0.25, 0.3) is 0 Å². The smallest absolute Gasteiger partial charge is 0.0619 e. The first-order valence-electron chi connectivity index (χ1n) is 5.16. The van der Waals surface area contributed by atoms with Crippen LogP contribution in [-0.4, -0.2) is 25.8 Å². The number of ether oxygens (including phenoxy) is 1. The molecule has 0 bridgehead atoms. The van der Waals surface area contributed by atoms with Gasteiger partial charge in [0, 0.05) is 12.6 Å². The molecule has 0 aromatic heterocycles. The first-order valence-corrected chi connectivity index (χ1v) is 5.16. The van der Waals surface area contributed by atoms with Gasteiger partial charge in [-0.05, 0) is 25.8 Å². The van der Waals surface area contributed by atoms with E-state index in [1.807, 2.05) is 0 Å². The third kappa shape index (κ3) is 6.62. The average molecular weight is 173 g/mol. The lowest BCUT2D eigenvalue weighted by atomic mass is 10.2. The summed E-state index contributed by atoms with van der Waals surface area (Å²) in [5, 5.41) is 3.45. The van der Waals surface area contributed by atoms with Gasteiger partial charge in [-0.25, -0.2) is 0 Å². The second-order valence-corrected chi connectivity index (χ2v) is 3.13. The Morgan fingerprint density at radius 1 is 1.17 bits per heavy atom. The lowest BCUT2D eigenvalue weighted by Gasteiger charge is -2.16. The number of hydrogen-bond donors (Lipinski definition) is 1. The molecule has 0 radical (unpaired) electrons. The Bertz CT molecular complexity index is 85.9. The molecule has 0 aromatic carbocycles. The van der Waals surface area contributed by atoms with E-state index in [0.29, 0.717) is 6.04 Å². The van der Waals surface area contributed by atoms with Crippen molar-refractivity contribution in [2.75, 3.05) is 19.8 Å². The summed E-state index contributed by atoms with van der Waals surface area (Å²) in [6, 6.07) is 0.552. The average Bonchev–Trinajstić information content (AvgIpc) is 2.11. The molecule has 0 heterocycles. The van der Waals surface area contributed by atoms with E-state index in [2.05, 4.69) is 26.1 Å². The van der Waals surface area contributed by atoms with Crippen LogP contribution in [-0.2, 0) is 4.74 Å². The quantitative estimate of drug-likeness (QED) is 0.568. The minimum Gasteiger partial charge on any atom is -0.380 e. The van der Waals surface area contributed by atoms with Crippen molar-refractivity contribution in [3.05, 3.63) is 0 Å². The maximum Gasteiger partial charge on any atom is 0.0619 e. The van der Waals surface area contributed by atoms with Crippen molar-refractivity contribution in [3.63, 3.8) is 0 Å². The molecule has 0 aliphatic carbocycles. The molecule has 0 saturated heterocycles. The van der Waals surface area contributed by atoms with Crippen LogP contribution in [0.1, 0.15) is 40.0 Å². The molecule has 0 fully saturated rings. The van der Waals surface area contributed by atoms with Gasteiger partial charge in [-0.2, -0.15) is 0 Å². The van der Waals surface area contributed by atoms with Crippen LogP contribution in [0, 0.1) is 0 Å². The summed E-state index contributed by atoms with van der Waals surface area (Å²) in [5.41, 5.74) is 0. The lowest BCUT2D eigenvalue weighted by Crippen LogP contribution is -2.33. The zero-order valence-corrected chi connectivity index (χ0v) is 8.73. The highest BCUT2D eigenvalue weighted by Gasteiger charge is 2.03. The van der Waals surface area contributed by atoms with E-state index in [4.69, 9.17) is 4.74 Å². The maximum atomic E-state index is 5.47. The Labute approximate surface area is 76.7 Å². The summed E-state index contributed by atoms with van der Waals surface area (Å²) in [5.74, 6) is 0. The Kier molecular flexibility index (Phi) is 8.95. The molecule has 0 aliphatic heterocycles. The van der Waals surface area contributed by atoms with Gasteiger partial charge in [-0.1, -0.05) is 20.8 Å². The maximum absolute atomic E-state index is 5.47. The molecule has 0 aromatic rings. The zero-order chi connectivity index (χ0) is 9.23. The van der Waals surface area contributed by atoms with Crippen molar-refractivity contribution in [3.8, 4) is 0 Å². The van der Waals surface area contributed by atoms with Crippen LogP contribution in [0.2, 0.25) is 0 Å². The van der Waals surface area contributed by atoms with Crippen molar-refractivity contribution >= 4 is 0 Å². The van der Waals surface area contributed by atoms with Crippen molar-refractivity contribution in [1.29, 1.82) is 0 Å². The van der Waals surface area contributed by atoms with Gasteiger partial charge in [-0.3, -0.25) is 0 Å². The minimum atomic E-state index is 0.552. The highest BCUT2D eigenvalue weighted by molar-refractivity contribution is 4.62. The second kappa shape index (κ2) is 9.01. The topological polar surface area (TPSA) is 21.3 Å². The molecular weight excluding hydrogens is 150 g/mol.